The molecule has 0 bridgehead atoms. The van der Waals surface area contributed by atoms with Gasteiger partial charge >= 0.3 is 0 Å². The Kier molecular flexibility index (Phi) is 19.5. The molecular formula is C4H11ClN2S2. The first-order chi connectivity index (χ1) is 3.46. The van der Waals surface area contributed by atoms with Crippen LogP contribution in [-0.2, 0) is 0 Å². The molecule has 0 aliphatic heterocycles. The highest BCUT2D eigenvalue weighted by Gasteiger charge is 1.55. The minimum absolute atomic E-state index is 0. The van der Waals surface area contributed by atoms with E-state index < -0.39 is 0 Å². The number of nitrogens with two attached hydrogens (primary N) is 2. The molecule has 0 aromatic rings. The first-order valence-corrected chi connectivity index (χ1v) is 2.80. The molecule has 0 aliphatic carbocycles. The van der Waals surface area contributed by atoms with Crippen LogP contribution < -0.4 is 11.5 Å². The van der Waals surface area contributed by atoms with Crippen molar-refractivity contribution < 1.29 is 0 Å². The van der Waals surface area contributed by atoms with Crippen LogP contribution in [0.5, 0.6) is 0 Å². The highest BCUT2D eigenvalue weighted by Crippen LogP contribution is 1.48. The van der Waals surface area contributed by atoms with E-state index in [-0.39, 0.29) is 12.4 Å². The molecule has 0 unspecified atom stereocenters. The van der Waals surface area contributed by atoms with E-state index in [9.17, 15) is 0 Å². The second kappa shape index (κ2) is 10.9. The minimum Gasteiger partial charge on any atom is -0.394 e. The third kappa shape index (κ3) is 60700. The number of hydrogen-bond donors (Lipinski definition) is 2. The van der Waals surface area contributed by atoms with Crippen LogP contribution in [0.1, 0.15) is 13.8 Å². The van der Waals surface area contributed by atoms with Crippen molar-refractivity contribution in [2.75, 3.05) is 0 Å². The van der Waals surface area contributed by atoms with Gasteiger partial charge in [-0.3, -0.25) is 0 Å². The van der Waals surface area contributed by atoms with Gasteiger partial charge in [0.15, 0.2) is 0 Å². The molecule has 5 heteroatoms. The van der Waals surface area contributed by atoms with Gasteiger partial charge in [0, 0.05) is 0 Å². The van der Waals surface area contributed by atoms with Crippen LogP contribution in [0.15, 0.2) is 0 Å². The van der Waals surface area contributed by atoms with Crippen LogP contribution in [0.2, 0.25) is 0 Å². The average molecular weight is 187 g/mol. The fourth-order valence-corrected chi connectivity index (χ4v) is 0. The summed E-state index contributed by atoms with van der Waals surface area (Å²) in [5, 5.41) is 0. The zero-order chi connectivity index (χ0) is 7.15. The summed E-state index contributed by atoms with van der Waals surface area (Å²) < 4.78 is 0. The first-order valence-electron chi connectivity index (χ1n) is 1.99. The van der Waals surface area contributed by atoms with E-state index in [1.54, 1.807) is 13.8 Å². The smallest absolute Gasteiger partial charge is 0.0695 e. The van der Waals surface area contributed by atoms with E-state index in [2.05, 4.69) is 24.4 Å². The third-order valence-corrected chi connectivity index (χ3v) is 0. The normalized spacial score (nSPS) is 5.56. The van der Waals surface area contributed by atoms with Crippen molar-refractivity contribution in [3.05, 3.63) is 0 Å². The molecule has 2 nitrogen and oxygen atoms in total. The largest absolute Gasteiger partial charge is 0.394 e. The number of rotatable bonds is 0. The predicted octanol–water partition coefficient (Wildman–Crippen LogP) is 1.01. The molecule has 0 heterocycles. The monoisotopic (exact) mass is 186 g/mol. The van der Waals surface area contributed by atoms with E-state index in [0.717, 1.165) is 0 Å². The van der Waals surface area contributed by atoms with Gasteiger partial charge < -0.3 is 11.5 Å². The van der Waals surface area contributed by atoms with Crippen molar-refractivity contribution in [3.8, 4) is 0 Å². The zero-order valence-electron chi connectivity index (χ0n) is 5.38. The van der Waals surface area contributed by atoms with E-state index in [1.165, 1.54) is 0 Å². The Morgan fingerprint density at radius 1 is 1.00 bits per heavy atom. The maximum atomic E-state index is 4.84. The summed E-state index contributed by atoms with van der Waals surface area (Å²) in [7, 11) is 0. The van der Waals surface area contributed by atoms with Crippen molar-refractivity contribution in [2.45, 2.75) is 13.8 Å². The minimum atomic E-state index is 0. The number of hydrogen-bond acceptors (Lipinski definition) is 2. The lowest BCUT2D eigenvalue weighted by molar-refractivity contribution is 1.73. The first kappa shape index (κ1) is 16.0. The standard InChI is InChI=1S/2C2H5NS.ClH/c2*1-2(3)4;/h2*1H3,(H2,3,4);1H. The van der Waals surface area contributed by atoms with Crippen LogP contribution >= 0.6 is 36.8 Å². The second-order valence-electron chi connectivity index (χ2n) is 1.22. The van der Waals surface area contributed by atoms with Gasteiger partial charge in [0.25, 0.3) is 0 Å². The maximum absolute atomic E-state index is 4.84. The summed E-state index contributed by atoms with van der Waals surface area (Å²) in [6.45, 7) is 3.35. The van der Waals surface area contributed by atoms with Crippen LogP contribution in [0.25, 0.3) is 0 Å². The Balaban J connectivity index is -0.0000000720. The number of halogens is 1. The molecule has 0 amide bonds. The second-order valence-corrected chi connectivity index (χ2v) is 2.51. The van der Waals surface area contributed by atoms with Gasteiger partial charge in [-0.25, -0.2) is 0 Å². The van der Waals surface area contributed by atoms with Crippen LogP contribution in [0.3, 0.4) is 0 Å². The Hall–Kier alpha value is 0.0700. The summed E-state index contributed by atoms with van der Waals surface area (Å²) in [6, 6.07) is 0. The molecule has 4 N–H and O–H groups in total. The molecule has 0 aromatic carbocycles. The van der Waals surface area contributed by atoms with Crippen molar-refractivity contribution in [3.63, 3.8) is 0 Å². The molecule has 0 aliphatic rings. The molecule has 0 spiro atoms. The highest BCUT2D eigenvalue weighted by molar-refractivity contribution is 7.80. The molecule has 0 saturated carbocycles. The van der Waals surface area contributed by atoms with E-state index in [0.29, 0.717) is 9.98 Å². The average Bonchev–Trinajstić information content (AvgIpc) is 1.25. The third-order valence-electron chi connectivity index (χ3n) is 0. The maximum Gasteiger partial charge on any atom is 0.0695 e. The lowest BCUT2D eigenvalue weighted by atomic mass is 10.8. The summed E-state index contributed by atoms with van der Waals surface area (Å²) in [5.74, 6) is 0. The van der Waals surface area contributed by atoms with Gasteiger partial charge in [-0.2, -0.15) is 0 Å². The quantitative estimate of drug-likeness (QED) is 0.555. The van der Waals surface area contributed by atoms with Gasteiger partial charge in [0.2, 0.25) is 0 Å². The fourth-order valence-electron chi connectivity index (χ4n) is 0. The fraction of sp³-hybridized carbons (Fsp3) is 0.500. The lowest BCUT2D eigenvalue weighted by Crippen LogP contribution is -1.98. The summed E-state index contributed by atoms with van der Waals surface area (Å²) in [6.07, 6.45) is 0. The van der Waals surface area contributed by atoms with Gasteiger partial charge in [-0.05, 0) is 13.8 Å². The highest BCUT2D eigenvalue weighted by atomic mass is 35.5. The van der Waals surface area contributed by atoms with Gasteiger partial charge in [0.05, 0.1) is 9.98 Å². The summed E-state index contributed by atoms with van der Waals surface area (Å²) >= 11 is 8.63. The van der Waals surface area contributed by atoms with Crippen LogP contribution in [-0.4, -0.2) is 9.98 Å². The van der Waals surface area contributed by atoms with Gasteiger partial charge in [0.1, 0.15) is 0 Å². The van der Waals surface area contributed by atoms with Gasteiger partial charge in [-0.1, -0.05) is 24.4 Å². The molecular weight excluding hydrogens is 176 g/mol. The molecule has 0 aromatic heterocycles. The molecule has 9 heavy (non-hydrogen) atoms. The lowest BCUT2D eigenvalue weighted by Gasteiger charge is -1.65. The number of thiocarbonyl (C=S) groups is 2. The van der Waals surface area contributed by atoms with Crippen molar-refractivity contribution in [1.82, 2.24) is 0 Å². The molecule has 0 rings (SSSR count). The van der Waals surface area contributed by atoms with Crippen LogP contribution in [0.4, 0.5) is 0 Å². The molecule has 0 fully saturated rings. The molecule has 0 atom stereocenters. The topological polar surface area (TPSA) is 52.0 Å². The van der Waals surface area contributed by atoms with Crippen molar-refractivity contribution in [2.24, 2.45) is 11.5 Å². The molecule has 0 radical (unpaired) electrons. The molecule has 56 valence electrons. The molecule has 0 saturated heterocycles. The predicted molar refractivity (Wildman–Crippen MR) is 52.2 cm³/mol. The Bertz CT molecular complexity index is 74.6. The van der Waals surface area contributed by atoms with E-state index in [1.807, 2.05) is 0 Å². The SMILES string of the molecule is CC(N)=S.CC(N)=S.Cl. The Morgan fingerprint density at radius 2 is 1.00 bits per heavy atom. The zero-order valence-corrected chi connectivity index (χ0v) is 7.83. The van der Waals surface area contributed by atoms with E-state index >= 15 is 0 Å². The van der Waals surface area contributed by atoms with Crippen molar-refractivity contribution in [1.29, 1.82) is 0 Å². The Labute approximate surface area is 72.4 Å². The van der Waals surface area contributed by atoms with E-state index in [4.69, 9.17) is 11.5 Å². The summed E-state index contributed by atoms with van der Waals surface area (Å²) in [4.78, 5) is 1.00. The van der Waals surface area contributed by atoms with Crippen molar-refractivity contribution >= 4 is 46.8 Å². The van der Waals surface area contributed by atoms with Crippen LogP contribution in [0, 0.1) is 0 Å². The van der Waals surface area contributed by atoms with Gasteiger partial charge in [-0.15, -0.1) is 12.4 Å². The Morgan fingerprint density at radius 3 is 1.00 bits per heavy atom. The summed E-state index contributed by atoms with van der Waals surface area (Å²) in [5.41, 5.74) is 9.69.